The van der Waals surface area contributed by atoms with Crippen LogP contribution in [-0.4, -0.2) is 51.9 Å². The SMILES string of the molecule is CC1(C(=O)N2CCC3CCC(C2)N3c2ncc(Cl)cn2)CC1(F)F. The van der Waals surface area contributed by atoms with Crippen molar-refractivity contribution in [2.45, 2.75) is 50.6 Å². The van der Waals surface area contributed by atoms with Crippen LogP contribution in [0.15, 0.2) is 12.4 Å². The zero-order valence-electron chi connectivity index (χ0n) is 13.4. The smallest absolute Gasteiger partial charge is 0.263 e. The second-order valence-electron chi connectivity index (χ2n) is 7.25. The Morgan fingerprint density at radius 1 is 1.25 bits per heavy atom. The van der Waals surface area contributed by atoms with Crippen LogP contribution in [0.3, 0.4) is 0 Å². The lowest BCUT2D eigenvalue weighted by Crippen LogP contribution is -2.44. The van der Waals surface area contributed by atoms with Crippen molar-refractivity contribution < 1.29 is 13.6 Å². The summed E-state index contributed by atoms with van der Waals surface area (Å²) < 4.78 is 27.1. The number of carbonyl (C=O) groups is 1. The molecule has 1 aromatic rings. The predicted octanol–water partition coefficient (Wildman–Crippen LogP) is 2.75. The number of nitrogens with zero attached hydrogens (tertiary/aromatic N) is 4. The van der Waals surface area contributed by atoms with Crippen LogP contribution in [0, 0.1) is 5.41 Å². The second-order valence-corrected chi connectivity index (χ2v) is 7.68. The van der Waals surface area contributed by atoms with Crippen molar-refractivity contribution in [3.8, 4) is 0 Å². The summed E-state index contributed by atoms with van der Waals surface area (Å²) in [6.07, 6.45) is 5.44. The average molecular weight is 357 g/mol. The first-order valence-corrected chi connectivity index (χ1v) is 8.63. The molecule has 1 saturated carbocycles. The van der Waals surface area contributed by atoms with Crippen molar-refractivity contribution in [3.63, 3.8) is 0 Å². The van der Waals surface area contributed by atoms with Gasteiger partial charge in [0, 0.05) is 31.6 Å². The zero-order chi connectivity index (χ0) is 17.1. The molecular formula is C16H19ClF2N4O. The van der Waals surface area contributed by atoms with Crippen molar-refractivity contribution in [2.24, 2.45) is 5.41 Å². The van der Waals surface area contributed by atoms with E-state index in [9.17, 15) is 13.6 Å². The molecule has 3 atom stereocenters. The molecular weight excluding hydrogens is 338 g/mol. The fourth-order valence-corrected chi connectivity index (χ4v) is 4.10. The molecule has 2 aliphatic heterocycles. The van der Waals surface area contributed by atoms with E-state index in [1.807, 2.05) is 0 Å². The summed E-state index contributed by atoms with van der Waals surface area (Å²) in [6, 6.07) is 0.306. The van der Waals surface area contributed by atoms with Gasteiger partial charge in [-0.3, -0.25) is 4.79 Å². The van der Waals surface area contributed by atoms with E-state index in [1.54, 1.807) is 17.3 Å². The Hall–Kier alpha value is -1.50. The van der Waals surface area contributed by atoms with Gasteiger partial charge in [0.15, 0.2) is 0 Å². The highest BCUT2D eigenvalue weighted by molar-refractivity contribution is 6.30. The molecule has 0 aromatic carbocycles. The van der Waals surface area contributed by atoms with Crippen LogP contribution in [0.1, 0.15) is 32.6 Å². The minimum Gasteiger partial charge on any atom is -0.340 e. The summed E-state index contributed by atoms with van der Waals surface area (Å²) in [6.45, 7) is 2.33. The molecule has 1 amide bonds. The number of halogens is 3. The number of likely N-dealkylation sites (tertiary alicyclic amines) is 1. The largest absolute Gasteiger partial charge is 0.340 e. The average Bonchev–Trinajstić information content (AvgIpc) is 2.88. The standard InChI is InChI=1S/C16H19ClF2N4O/c1-15(9-16(15,18)19)13(24)22-5-4-11-2-3-12(8-22)23(11)14-20-6-10(17)7-21-14/h6-7,11-12H,2-5,8-9H2,1H3. The summed E-state index contributed by atoms with van der Waals surface area (Å²) in [5.74, 6) is -2.69. The van der Waals surface area contributed by atoms with Gasteiger partial charge in [-0.05, 0) is 26.2 Å². The molecule has 8 heteroatoms. The lowest BCUT2D eigenvalue weighted by atomic mass is 10.0. The molecule has 3 unspecified atom stereocenters. The molecule has 0 spiro atoms. The molecule has 4 rings (SSSR count). The van der Waals surface area contributed by atoms with Gasteiger partial charge in [-0.15, -0.1) is 0 Å². The highest BCUT2D eigenvalue weighted by Crippen LogP contribution is 2.61. The molecule has 130 valence electrons. The lowest BCUT2D eigenvalue weighted by molar-refractivity contribution is -0.140. The Balaban J connectivity index is 1.54. The first-order chi connectivity index (χ1) is 11.3. The van der Waals surface area contributed by atoms with E-state index in [-0.39, 0.29) is 18.5 Å². The van der Waals surface area contributed by atoms with E-state index in [1.165, 1.54) is 6.92 Å². The van der Waals surface area contributed by atoms with Crippen LogP contribution in [0.4, 0.5) is 14.7 Å². The topological polar surface area (TPSA) is 49.3 Å². The van der Waals surface area contributed by atoms with Crippen LogP contribution in [-0.2, 0) is 4.79 Å². The Kier molecular flexibility index (Phi) is 3.50. The number of alkyl halides is 2. The van der Waals surface area contributed by atoms with Gasteiger partial charge in [0.1, 0.15) is 5.41 Å². The third-order valence-electron chi connectivity index (χ3n) is 5.64. The predicted molar refractivity (Wildman–Crippen MR) is 85.2 cm³/mol. The normalized spacial score (nSPS) is 34.2. The van der Waals surface area contributed by atoms with E-state index in [2.05, 4.69) is 14.9 Å². The number of amides is 1. The van der Waals surface area contributed by atoms with E-state index in [4.69, 9.17) is 11.6 Å². The fraction of sp³-hybridized carbons (Fsp3) is 0.688. The van der Waals surface area contributed by atoms with Gasteiger partial charge in [-0.25, -0.2) is 18.7 Å². The van der Waals surface area contributed by atoms with Crippen LogP contribution in [0.2, 0.25) is 5.02 Å². The number of hydrogen-bond acceptors (Lipinski definition) is 4. The van der Waals surface area contributed by atoms with Crippen LogP contribution in [0.5, 0.6) is 0 Å². The van der Waals surface area contributed by atoms with Crippen molar-refractivity contribution >= 4 is 23.5 Å². The summed E-state index contributed by atoms with van der Waals surface area (Å²) in [5, 5.41) is 0.474. The van der Waals surface area contributed by atoms with E-state index in [0.29, 0.717) is 24.1 Å². The molecule has 24 heavy (non-hydrogen) atoms. The van der Waals surface area contributed by atoms with Crippen molar-refractivity contribution in [1.29, 1.82) is 0 Å². The Labute approximate surface area is 144 Å². The summed E-state index contributed by atoms with van der Waals surface area (Å²) in [5.41, 5.74) is -1.52. The highest BCUT2D eigenvalue weighted by Gasteiger charge is 2.73. The van der Waals surface area contributed by atoms with Crippen molar-refractivity contribution in [2.75, 3.05) is 18.0 Å². The quantitative estimate of drug-likeness (QED) is 0.817. The maximum atomic E-state index is 13.6. The van der Waals surface area contributed by atoms with Gasteiger partial charge in [-0.1, -0.05) is 11.6 Å². The van der Waals surface area contributed by atoms with Crippen LogP contribution < -0.4 is 4.90 Å². The molecule has 3 aliphatic rings. The molecule has 1 aromatic heterocycles. The van der Waals surface area contributed by atoms with Crippen LogP contribution in [0.25, 0.3) is 0 Å². The van der Waals surface area contributed by atoms with Crippen molar-refractivity contribution in [1.82, 2.24) is 14.9 Å². The van der Waals surface area contributed by atoms with Gasteiger partial charge in [0.25, 0.3) is 5.92 Å². The monoisotopic (exact) mass is 356 g/mol. The van der Waals surface area contributed by atoms with Gasteiger partial charge in [0.2, 0.25) is 11.9 Å². The summed E-state index contributed by atoms with van der Waals surface area (Å²) >= 11 is 5.85. The zero-order valence-corrected chi connectivity index (χ0v) is 14.1. The molecule has 2 bridgehead atoms. The molecule has 0 radical (unpaired) electrons. The lowest BCUT2D eigenvalue weighted by Gasteiger charge is -2.30. The van der Waals surface area contributed by atoms with E-state index >= 15 is 0 Å². The number of fused-ring (bicyclic) bond motifs is 2. The summed E-state index contributed by atoms with van der Waals surface area (Å²) in [7, 11) is 0. The minimum atomic E-state index is -2.87. The second kappa shape index (κ2) is 5.25. The van der Waals surface area contributed by atoms with E-state index in [0.717, 1.165) is 19.3 Å². The molecule has 2 saturated heterocycles. The van der Waals surface area contributed by atoms with Crippen molar-refractivity contribution in [3.05, 3.63) is 17.4 Å². The Morgan fingerprint density at radius 2 is 1.88 bits per heavy atom. The fourth-order valence-electron chi connectivity index (χ4n) is 4.01. The maximum Gasteiger partial charge on any atom is 0.263 e. The Bertz CT molecular complexity index is 671. The van der Waals surface area contributed by atoms with Gasteiger partial charge in [0.05, 0.1) is 17.4 Å². The number of rotatable bonds is 2. The number of hydrogen-bond donors (Lipinski definition) is 0. The van der Waals surface area contributed by atoms with Crippen LogP contribution >= 0.6 is 11.6 Å². The molecule has 0 N–H and O–H groups in total. The third-order valence-corrected chi connectivity index (χ3v) is 5.83. The highest BCUT2D eigenvalue weighted by atomic mass is 35.5. The number of aromatic nitrogens is 2. The Morgan fingerprint density at radius 3 is 2.50 bits per heavy atom. The van der Waals surface area contributed by atoms with Gasteiger partial charge >= 0.3 is 0 Å². The molecule has 5 nitrogen and oxygen atoms in total. The van der Waals surface area contributed by atoms with E-state index < -0.39 is 17.2 Å². The van der Waals surface area contributed by atoms with Gasteiger partial charge < -0.3 is 9.80 Å². The third kappa shape index (κ3) is 2.36. The first-order valence-electron chi connectivity index (χ1n) is 8.25. The maximum absolute atomic E-state index is 13.6. The van der Waals surface area contributed by atoms with Gasteiger partial charge in [-0.2, -0.15) is 0 Å². The minimum absolute atomic E-state index is 0.0681. The molecule has 3 fully saturated rings. The first kappa shape index (κ1) is 16.0. The number of anilines is 1. The summed E-state index contributed by atoms with van der Waals surface area (Å²) in [4.78, 5) is 24.9. The molecule has 1 aliphatic carbocycles. The molecule has 3 heterocycles. The number of carbonyl (C=O) groups excluding carboxylic acids is 1.